The Morgan fingerprint density at radius 1 is 1.20 bits per heavy atom. The minimum Gasteiger partial charge on any atom is -0.239 e. The van der Waals surface area contributed by atoms with Crippen LogP contribution in [0.2, 0.25) is 0 Å². The standard InChI is InChI=1S/C14H16N2O2S2/c17-20(18,10-7-8-10)16-9-3-5-12(16)14-15-11-4-1-2-6-13(11)19-14/h1-2,4,6,10,12H,3,5,7-9H2. The molecule has 1 aliphatic carbocycles. The van der Waals surface area contributed by atoms with Crippen molar-refractivity contribution >= 4 is 31.6 Å². The molecule has 106 valence electrons. The third-order valence-electron chi connectivity index (χ3n) is 4.07. The van der Waals surface area contributed by atoms with Crippen molar-refractivity contribution in [3.63, 3.8) is 0 Å². The highest BCUT2D eigenvalue weighted by Gasteiger charge is 2.45. The third kappa shape index (κ3) is 1.98. The molecule has 2 heterocycles. The molecule has 1 aliphatic heterocycles. The van der Waals surface area contributed by atoms with Crippen LogP contribution in [0.3, 0.4) is 0 Å². The molecule has 4 nitrogen and oxygen atoms in total. The SMILES string of the molecule is O=S(=O)(C1CC1)N1CCCC1c1nc2ccccc2s1. The highest BCUT2D eigenvalue weighted by Crippen LogP contribution is 2.42. The summed E-state index contributed by atoms with van der Waals surface area (Å²) in [6.45, 7) is 0.652. The Hall–Kier alpha value is -0.980. The van der Waals surface area contributed by atoms with Gasteiger partial charge < -0.3 is 0 Å². The summed E-state index contributed by atoms with van der Waals surface area (Å²) in [6.07, 6.45) is 3.48. The van der Waals surface area contributed by atoms with Gasteiger partial charge in [0.2, 0.25) is 10.0 Å². The van der Waals surface area contributed by atoms with Gasteiger partial charge in [-0.15, -0.1) is 11.3 Å². The molecule has 0 radical (unpaired) electrons. The molecule has 1 saturated carbocycles. The van der Waals surface area contributed by atoms with Crippen molar-refractivity contribution in [1.82, 2.24) is 9.29 Å². The molecule has 6 heteroatoms. The summed E-state index contributed by atoms with van der Waals surface area (Å²) in [5, 5.41) is 0.824. The zero-order chi connectivity index (χ0) is 13.7. The molecule has 1 aromatic carbocycles. The van der Waals surface area contributed by atoms with E-state index in [1.165, 1.54) is 0 Å². The van der Waals surface area contributed by atoms with E-state index in [9.17, 15) is 8.42 Å². The Kier molecular flexibility index (Phi) is 2.87. The number of rotatable bonds is 3. The molecular weight excluding hydrogens is 292 g/mol. The van der Waals surface area contributed by atoms with E-state index in [1.807, 2.05) is 24.3 Å². The van der Waals surface area contributed by atoms with E-state index in [1.54, 1.807) is 15.6 Å². The number of thiazole rings is 1. The van der Waals surface area contributed by atoms with E-state index in [-0.39, 0.29) is 11.3 Å². The Balaban J connectivity index is 1.73. The van der Waals surface area contributed by atoms with Crippen LogP contribution in [-0.4, -0.2) is 29.5 Å². The second-order valence-electron chi connectivity index (χ2n) is 5.53. The van der Waals surface area contributed by atoms with Crippen LogP contribution in [0.1, 0.15) is 36.7 Å². The van der Waals surface area contributed by atoms with Crippen LogP contribution < -0.4 is 0 Å². The van der Waals surface area contributed by atoms with Gasteiger partial charge in [0, 0.05) is 6.54 Å². The average molecular weight is 308 g/mol. The van der Waals surface area contributed by atoms with E-state index in [0.717, 1.165) is 40.9 Å². The summed E-state index contributed by atoms with van der Waals surface area (Å²) in [6, 6.07) is 7.96. The molecule has 4 rings (SSSR count). The molecule has 20 heavy (non-hydrogen) atoms. The van der Waals surface area contributed by atoms with Crippen LogP contribution in [0.15, 0.2) is 24.3 Å². The zero-order valence-electron chi connectivity index (χ0n) is 11.0. The number of aromatic nitrogens is 1. The third-order valence-corrected chi connectivity index (χ3v) is 7.61. The van der Waals surface area contributed by atoms with E-state index in [2.05, 4.69) is 4.98 Å². The molecule has 0 amide bonds. The van der Waals surface area contributed by atoms with E-state index >= 15 is 0 Å². The van der Waals surface area contributed by atoms with Crippen molar-refractivity contribution in [1.29, 1.82) is 0 Å². The maximum atomic E-state index is 12.5. The monoisotopic (exact) mass is 308 g/mol. The van der Waals surface area contributed by atoms with Crippen LogP contribution in [-0.2, 0) is 10.0 Å². The van der Waals surface area contributed by atoms with Gasteiger partial charge in [0.05, 0.1) is 21.5 Å². The largest absolute Gasteiger partial charge is 0.239 e. The first-order valence-electron chi connectivity index (χ1n) is 7.02. The van der Waals surface area contributed by atoms with Crippen molar-refractivity contribution in [3.05, 3.63) is 29.3 Å². The molecular formula is C14H16N2O2S2. The van der Waals surface area contributed by atoms with Crippen LogP contribution in [0.25, 0.3) is 10.2 Å². The summed E-state index contributed by atoms with van der Waals surface area (Å²) in [4.78, 5) is 4.65. The summed E-state index contributed by atoms with van der Waals surface area (Å²) >= 11 is 1.63. The molecule has 0 spiro atoms. The topological polar surface area (TPSA) is 50.3 Å². The molecule has 1 aromatic heterocycles. The number of hydrogen-bond acceptors (Lipinski definition) is 4. The highest BCUT2D eigenvalue weighted by atomic mass is 32.2. The normalized spacial score (nSPS) is 24.5. The first kappa shape index (κ1) is 12.7. The maximum absolute atomic E-state index is 12.5. The molecule has 2 fully saturated rings. The van der Waals surface area contributed by atoms with Crippen molar-refractivity contribution < 1.29 is 8.42 Å². The summed E-state index contributed by atoms with van der Waals surface area (Å²) < 4.78 is 27.8. The minimum absolute atomic E-state index is 0.0435. The lowest BCUT2D eigenvalue weighted by Crippen LogP contribution is -2.33. The lowest BCUT2D eigenvalue weighted by Gasteiger charge is -2.22. The number of benzene rings is 1. The van der Waals surface area contributed by atoms with Gasteiger partial charge in [-0.3, -0.25) is 0 Å². The molecule has 2 aromatic rings. The Morgan fingerprint density at radius 3 is 2.75 bits per heavy atom. The maximum Gasteiger partial charge on any atom is 0.217 e. The van der Waals surface area contributed by atoms with Gasteiger partial charge in [-0.25, -0.2) is 13.4 Å². The molecule has 1 saturated heterocycles. The van der Waals surface area contributed by atoms with Gasteiger partial charge in [-0.2, -0.15) is 4.31 Å². The van der Waals surface area contributed by atoms with Crippen LogP contribution >= 0.6 is 11.3 Å². The van der Waals surface area contributed by atoms with Crippen LogP contribution in [0, 0.1) is 0 Å². The predicted molar refractivity (Wildman–Crippen MR) is 80.2 cm³/mol. The van der Waals surface area contributed by atoms with Gasteiger partial charge >= 0.3 is 0 Å². The Bertz CT molecular complexity index is 716. The Labute approximate surface area is 122 Å². The molecule has 0 N–H and O–H groups in total. The lowest BCUT2D eigenvalue weighted by molar-refractivity contribution is 0.395. The first-order valence-corrected chi connectivity index (χ1v) is 9.34. The Morgan fingerprint density at radius 2 is 2.00 bits per heavy atom. The number of sulfonamides is 1. The fraction of sp³-hybridized carbons (Fsp3) is 0.500. The fourth-order valence-electron chi connectivity index (χ4n) is 2.88. The number of nitrogens with zero attached hydrogens (tertiary/aromatic N) is 2. The van der Waals surface area contributed by atoms with Crippen molar-refractivity contribution in [2.75, 3.05) is 6.54 Å². The first-order chi connectivity index (χ1) is 9.66. The highest BCUT2D eigenvalue weighted by molar-refractivity contribution is 7.90. The van der Waals surface area contributed by atoms with Gasteiger partial charge in [-0.05, 0) is 37.8 Å². The van der Waals surface area contributed by atoms with Crippen LogP contribution in [0.5, 0.6) is 0 Å². The molecule has 1 atom stereocenters. The van der Waals surface area contributed by atoms with Crippen LogP contribution in [0.4, 0.5) is 0 Å². The van der Waals surface area contributed by atoms with E-state index < -0.39 is 10.0 Å². The van der Waals surface area contributed by atoms with Gasteiger partial charge in [-0.1, -0.05) is 12.1 Å². The summed E-state index contributed by atoms with van der Waals surface area (Å²) in [5.74, 6) is 0. The van der Waals surface area contributed by atoms with Crippen molar-refractivity contribution in [2.24, 2.45) is 0 Å². The average Bonchev–Trinajstić information content (AvgIpc) is 3.04. The van der Waals surface area contributed by atoms with E-state index in [0.29, 0.717) is 6.54 Å². The summed E-state index contributed by atoms with van der Waals surface area (Å²) in [7, 11) is -3.10. The van der Waals surface area contributed by atoms with Gasteiger partial charge in [0.15, 0.2) is 0 Å². The predicted octanol–water partition coefficient (Wildman–Crippen LogP) is 2.93. The second kappa shape index (κ2) is 4.51. The van der Waals surface area contributed by atoms with Crippen molar-refractivity contribution in [2.45, 2.75) is 37.0 Å². The quantitative estimate of drug-likeness (QED) is 0.876. The number of hydrogen-bond donors (Lipinski definition) is 0. The number of fused-ring (bicyclic) bond motifs is 1. The summed E-state index contributed by atoms with van der Waals surface area (Å²) in [5.41, 5.74) is 0.975. The number of para-hydroxylation sites is 1. The van der Waals surface area contributed by atoms with E-state index in [4.69, 9.17) is 0 Å². The lowest BCUT2D eigenvalue weighted by atomic mass is 10.2. The van der Waals surface area contributed by atoms with Crippen molar-refractivity contribution in [3.8, 4) is 0 Å². The second-order valence-corrected chi connectivity index (χ2v) is 8.76. The smallest absolute Gasteiger partial charge is 0.217 e. The van der Waals surface area contributed by atoms with Gasteiger partial charge in [0.25, 0.3) is 0 Å². The molecule has 0 bridgehead atoms. The molecule has 2 aliphatic rings. The minimum atomic E-state index is -3.10. The molecule has 1 unspecified atom stereocenters. The fourth-order valence-corrected chi connectivity index (χ4v) is 6.12. The van der Waals surface area contributed by atoms with Gasteiger partial charge in [0.1, 0.15) is 5.01 Å². The zero-order valence-corrected chi connectivity index (χ0v) is 12.7.